The third-order valence-corrected chi connectivity index (χ3v) is 6.01. The maximum absolute atomic E-state index is 13.4. The van der Waals surface area contributed by atoms with Crippen molar-refractivity contribution in [1.29, 1.82) is 0 Å². The number of thiocarbonyl (C=S) groups is 1. The first-order valence-electron chi connectivity index (χ1n) is 11.4. The number of carbonyl (C=O) groups excluding carboxylic acids is 2. The molecule has 1 heterocycles. The quantitative estimate of drug-likeness (QED) is 0.420. The predicted molar refractivity (Wildman–Crippen MR) is 138 cm³/mol. The fourth-order valence-corrected chi connectivity index (χ4v) is 4.24. The summed E-state index contributed by atoms with van der Waals surface area (Å²) in [6.45, 7) is 2.93. The van der Waals surface area contributed by atoms with E-state index in [1.54, 1.807) is 53.4 Å². The first kappa shape index (κ1) is 24.3. The molecule has 0 saturated carbocycles. The zero-order valence-corrected chi connectivity index (χ0v) is 20.1. The normalized spacial score (nSPS) is 15.4. The number of carbonyl (C=O) groups is 2. The van der Waals surface area contributed by atoms with Gasteiger partial charge in [-0.1, -0.05) is 37.3 Å². The number of amides is 2. The molecular formula is C27H26FN3O3S. The Bertz CT molecular complexity index is 1190. The summed E-state index contributed by atoms with van der Waals surface area (Å²) in [6.07, 6.45) is 0.821. The van der Waals surface area contributed by atoms with Crippen LogP contribution in [0.1, 0.15) is 25.3 Å². The smallest absolute Gasteiger partial charge is 0.256 e. The third kappa shape index (κ3) is 5.84. The molecule has 1 aliphatic rings. The Kier molecular flexibility index (Phi) is 7.72. The molecule has 0 bridgehead atoms. The van der Waals surface area contributed by atoms with Gasteiger partial charge in [-0.15, -0.1) is 0 Å². The van der Waals surface area contributed by atoms with Gasteiger partial charge in [0.05, 0.1) is 18.7 Å². The van der Waals surface area contributed by atoms with Crippen LogP contribution in [0.2, 0.25) is 0 Å². The lowest BCUT2D eigenvalue weighted by atomic mass is 10.1. The molecule has 0 aliphatic carbocycles. The molecule has 4 rings (SSSR count). The molecule has 0 spiro atoms. The summed E-state index contributed by atoms with van der Waals surface area (Å²) in [6, 6.07) is 21.4. The van der Waals surface area contributed by atoms with Gasteiger partial charge in [0.2, 0.25) is 5.91 Å². The van der Waals surface area contributed by atoms with E-state index < -0.39 is 6.04 Å². The third-order valence-electron chi connectivity index (χ3n) is 5.59. The van der Waals surface area contributed by atoms with E-state index in [9.17, 15) is 14.0 Å². The van der Waals surface area contributed by atoms with Crippen LogP contribution < -0.4 is 15.0 Å². The van der Waals surface area contributed by atoms with Gasteiger partial charge in [0, 0.05) is 12.2 Å². The summed E-state index contributed by atoms with van der Waals surface area (Å²) in [5.41, 5.74) is 2.03. The van der Waals surface area contributed by atoms with Crippen molar-refractivity contribution in [2.45, 2.75) is 32.4 Å². The highest BCUT2D eigenvalue weighted by Gasteiger charge is 2.44. The lowest BCUT2D eigenvalue weighted by Gasteiger charge is -2.24. The highest BCUT2D eigenvalue weighted by Crippen LogP contribution is 2.29. The first-order valence-corrected chi connectivity index (χ1v) is 11.8. The minimum Gasteiger partial charge on any atom is -0.494 e. The van der Waals surface area contributed by atoms with Gasteiger partial charge in [0.25, 0.3) is 5.91 Å². The highest BCUT2D eigenvalue weighted by molar-refractivity contribution is 7.80. The number of hydrogen-bond acceptors (Lipinski definition) is 4. The summed E-state index contributed by atoms with van der Waals surface area (Å²) in [5, 5.41) is 3.16. The van der Waals surface area contributed by atoms with Gasteiger partial charge in [-0.2, -0.15) is 0 Å². The number of nitrogens with zero attached hydrogens (tertiary/aromatic N) is 2. The number of benzene rings is 3. The molecule has 1 atom stereocenters. The molecule has 35 heavy (non-hydrogen) atoms. The fraction of sp³-hybridized carbons (Fsp3) is 0.222. The second kappa shape index (κ2) is 11.1. The number of anilines is 2. The molecular weight excluding hydrogens is 465 g/mol. The van der Waals surface area contributed by atoms with Crippen LogP contribution >= 0.6 is 12.2 Å². The summed E-state index contributed by atoms with van der Waals surface area (Å²) >= 11 is 5.67. The number of nitrogens with one attached hydrogen (secondary N) is 1. The number of hydrogen-bond donors (Lipinski definition) is 1. The largest absolute Gasteiger partial charge is 0.494 e. The van der Waals surface area contributed by atoms with E-state index in [0.29, 0.717) is 23.1 Å². The van der Waals surface area contributed by atoms with Gasteiger partial charge in [-0.25, -0.2) is 4.39 Å². The maximum atomic E-state index is 13.4. The van der Waals surface area contributed by atoms with Crippen LogP contribution in [0, 0.1) is 5.82 Å². The topological polar surface area (TPSA) is 61.9 Å². The van der Waals surface area contributed by atoms with Gasteiger partial charge in [0.15, 0.2) is 5.11 Å². The Morgan fingerprint density at radius 1 is 1.03 bits per heavy atom. The molecule has 2 amide bonds. The predicted octanol–water partition coefficient (Wildman–Crippen LogP) is 5.15. The SMILES string of the molecule is CCCOc1ccc(NC(=O)C[C@H]2C(=O)N(c3ccccc3)C(=S)N2Cc2ccc(F)cc2)cc1. The lowest BCUT2D eigenvalue weighted by molar-refractivity contribution is -0.124. The summed E-state index contributed by atoms with van der Waals surface area (Å²) in [5.74, 6) is -0.207. The van der Waals surface area contributed by atoms with E-state index in [1.807, 2.05) is 25.1 Å². The van der Waals surface area contributed by atoms with Crippen molar-refractivity contribution in [3.8, 4) is 5.75 Å². The van der Waals surface area contributed by atoms with E-state index in [1.165, 1.54) is 17.0 Å². The second-order valence-electron chi connectivity index (χ2n) is 8.19. The molecule has 6 nitrogen and oxygen atoms in total. The molecule has 180 valence electrons. The number of rotatable bonds is 9. The monoisotopic (exact) mass is 491 g/mol. The molecule has 3 aromatic carbocycles. The molecule has 1 aliphatic heterocycles. The van der Waals surface area contributed by atoms with Crippen molar-refractivity contribution < 1.29 is 18.7 Å². The zero-order chi connectivity index (χ0) is 24.8. The minimum absolute atomic E-state index is 0.0857. The van der Waals surface area contributed by atoms with E-state index in [0.717, 1.165) is 17.7 Å². The Morgan fingerprint density at radius 2 is 1.71 bits per heavy atom. The standard InChI is InChI=1S/C27H26FN3O3S/c1-2-16-34-23-14-12-21(13-15-23)29-25(32)17-24-26(33)31(22-6-4-3-5-7-22)27(35)30(24)18-19-8-10-20(28)11-9-19/h3-15,24H,2,16-18H2,1H3,(H,29,32)/t24-/m0/s1. The summed E-state index contributed by atoms with van der Waals surface area (Å²) in [4.78, 5) is 29.6. The molecule has 3 aromatic rings. The van der Waals surface area contributed by atoms with Crippen LogP contribution in [-0.4, -0.2) is 34.5 Å². The van der Waals surface area contributed by atoms with E-state index >= 15 is 0 Å². The Hall–Kier alpha value is -3.78. The van der Waals surface area contributed by atoms with Crippen LogP contribution in [0.25, 0.3) is 0 Å². The van der Waals surface area contributed by atoms with Crippen molar-refractivity contribution >= 4 is 40.5 Å². The number of ether oxygens (including phenoxy) is 1. The van der Waals surface area contributed by atoms with E-state index in [4.69, 9.17) is 17.0 Å². The zero-order valence-electron chi connectivity index (χ0n) is 19.3. The highest BCUT2D eigenvalue weighted by atomic mass is 32.1. The van der Waals surface area contributed by atoms with Gasteiger partial charge in [0.1, 0.15) is 17.6 Å². The van der Waals surface area contributed by atoms with Crippen molar-refractivity contribution in [2.75, 3.05) is 16.8 Å². The van der Waals surface area contributed by atoms with Crippen molar-refractivity contribution in [3.63, 3.8) is 0 Å². The Balaban J connectivity index is 1.52. The first-order chi connectivity index (χ1) is 17.0. The minimum atomic E-state index is -0.792. The molecule has 0 radical (unpaired) electrons. The van der Waals surface area contributed by atoms with Crippen LogP contribution in [0.4, 0.5) is 15.8 Å². The summed E-state index contributed by atoms with van der Waals surface area (Å²) in [7, 11) is 0. The van der Waals surface area contributed by atoms with E-state index in [2.05, 4.69) is 5.32 Å². The van der Waals surface area contributed by atoms with Gasteiger partial charge < -0.3 is 15.0 Å². The molecule has 1 N–H and O–H groups in total. The Labute approximate surface area is 209 Å². The van der Waals surface area contributed by atoms with Crippen LogP contribution in [0.5, 0.6) is 5.75 Å². The van der Waals surface area contributed by atoms with Crippen LogP contribution in [0.3, 0.4) is 0 Å². The van der Waals surface area contributed by atoms with Crippen LogP contribution in [-0.2, 0) is 16.1 Å². The molecule has 0 unspecified atom stereocenters. The van der Waals surface area contributed by atoms with Crippen molar-refractivity contribution in [3.05, 3.63) is 90.2 Å². The van der Waals surface area contributed by atoms with Crippen molar-refractivity contribution in [2.24, 2.45) is 0 Å². The molecule has 1 saturated heterocycles. The number of halogens is 1. The van der Waals surface area contributed by atoms with Gasteiger partial charge in [-0.3, -0.25) is 14.5 Å². The Morgan fingerprint density at radius 3 is 2.37 bits per heavy atom. The molecule has 1 fully saturated rings. The van der Waals surface area contributed by atoms with E-state index in [-0.39, 0.29) is 30.6 Å². The summed E-state index contributed by atoms with van der Waals surface area (Å²) < 4.78 is 19.0. The molecule has 8 heteroatoms. The molecule has 0 aromatic heterocycles. The fourth-order valence-electron chi connectivity index (χ4n) is 3.86. The lowest BCUT2D eigenvalue weighted by Crippen LogP contribution is -2.37. The van der Waals surface area contributed by atoms with Crippen molar-refractivity contribution in [1.82, 2.24) is 4.90 Å². The van der Waals surface area contributed by atoms with Gasteiger partial charge in [-0.05, 0) is 72.7 Å². The van der Waals surface area contributed by atoms with Crippen LogP contribution in [0.15, 0.2) is 78.9 Å². The number of para-hydroxylation sites is 1. The second-order valence-corrected chi connectivity index (χ2v) is 8.55. The maximum Gasteiger partial charge on any atom is 0.256 e. The average Bonchev–Trinajstić information content (AvgIpc) is 3.09. The average molecular weight is 492 g/mol. The van der Waals surface area contributed by atoms with Gasteiger partial charge >= 0.3 is 0 Å².